The molecule has 1 unspecified atom stereocenters. The number of nitrogens with zero attached hydrogens (tertiary/aromatic N) is 1. The van der Waals surface area contributed by atoms with E-state index in [1.807, 2.05) is 0 Å². The van der Waals surface area contributed by atoms with Gasteiger partial charge in [-0.15, -0.1) is 0 Å². The van der Waals surface area contributed by atoms with E-state index in [9.17, 15) is 0 Å². The van der Waals surface area contributed by atoms with Crippen LogP contribution in [0, 0.1) is 0 Å². The van der Waals surface area contributed by atoms with Gasteiger partial charge in [0.1, 0.15) is 0 Å². The van der Waals surface area contributed by atoms with E-state index in [4.69, 9.17) is 0 Å². The topological polar surface area (TPSA) is 15.3 Å². The lowest BCUT2D eigenvalue weighted by Gasteiger charge is -2.20. The molecule has 0 spiro atoms. The third-order valence-corrected chi connectivity index (χ3v) is 4.69. The number of hydrogen-bond donors (Lipinski definition) is 1. The Bertz CT molecular complexity index is 418. The van der Waals surface area contributed by atoms with Crippen LogP contribution in [-0.2, 0) is 6.54 Å². The van der Waals surface area contributed by atoms with Gasteiger partial charge in [0.2, 0.25) is 0 Å². The SMILES string of the molecule is CCN(Cc1ccc(C(C)CNC2CC2)cc1)C1CC1. The maximum Gasteiger partial charge on any atom is 0.0236 e. The average molecular weight is 272 g/mol. The summed E-state index contributed by atoms with van der Waals surface area (Å²) >= 11 is 0. The molecule has 1 aromatic carbocycles. The Labute approximate surface area is 123 Å². The summed E-state index contributed by atoms with van der Waals surface area (Å²) in [6.07, 6.45) is 5.55. The molecule has 0 saturated heterocycles. The molecular formula is C18H28N2. The molecule has 2 fully saturated rings. The highest BCUT2D eigenvalue weighted by Gasteiger charge is 2.27. The first-order valence-electron chi connectivity index (χ1n) is 8.32. The predicted molar refractivity (Wildman–Crippen MR) is 85.0 cm³/mol. The molecule has 2 nitrogen and oxygen atoms in total. The lowest BCUT2D eigenvalue weighted by molar-refractivity contribution is 0.269. The van der Waals surface area contributed by atoms with Gasteiger partial charge in [0.25, 0.3) is 0 Å². The van der Waals surface area contributed by atoms with Crippen LogP contribution < -0.4 is 5.32 Å². The Morgan fingerprint density at radius 3 is 2.40 bits per heavy atom. The highest BCUT2D eigenvalue weighted by Crippen LogP contribution is 2.28. The van der Waals surface area contributed by atoms with Crippen LogP contribution >= 0.6 is 0 Å². The molecule has 0 heterocycles. The summed E-state index contributed by atoms with van der Waals surface area (Å²) in [5.41, 5.74) is 2.93. The Balaban J connectivity index is 1.52. The second kappa shape index (κ2) is 6.28. The minimum atomic E-state index is 0.621. The van der Waals surface area contributed by atoms with E-state index < -0.39 is 0 Å². The summed E-state index contributed by atoms with van der Waals surface area (Å²) in [5.74, 6) is 0.621. The molecule has 2 saturated carbocycles. The highest BCUT2D eigenvalue weighted by molar-refractivity contribution is 5.25. The fourth-order valence-electron chi connectivity index (χ4n) is 2.87. The van der Waals surface area contributed by atoms with Crippen molar-refractivity contribution in [1.82, 2.24) is 10.2 Å². The van der Waals surface area contributed by atoms with E-state index in [0.29, 0.717) is 5.92 Å². The largest absolute Gasteiger partial charge is 0.313 e. The quantitative estimate of drug-likeness (QED) is 0.779. The number of hydrogen-bond acceptors (Lipinski definition) is 2. The van der Waals surface area contributed by atoms with Crippen molar-refractivity contribution in [2.45, 2.75) is 64.1 Å². The van der Waals surface area contributed by atoms with Gasteiger partial charge in [0, 0.05) is 25.2 Å². The second-order valence-corrected chi connectivity index (χ2v) is 6.62. The normalized spacial score (nSPS) is 20.4. The van der Waals surface area contributed by atoms with Crippen LogP contribution in [0.25, 0.3) is 0 Å². The molecule has 1 N–H and O–H groups in total. The van der Waals surface area contributed by atoms with Gasteiger partial charge in [0.15, 0.2) is 0 Å². The summed E-state index contributed by atoms with van der Waals surface area (Å²) in [7, 11) is 0. The molecule has 2 aliphatic carbocycles. The molecule has 1 atom stereocenters. The maximum atomic E-state index is 3.63. The van der Waals surface area contributed by atoms with Crippen molar-refractivity contribution in [2.75, 3.05) is 13.1 Å². The van der Waals surface area contributed by atoms with Crippen molar-refractivity contribution in [1.29, 1.82) is 0 Å². The molecule has 110 valence electrons. The Kier molecular flexibility index (Phi) is 4.42. The van der Waals surface area contributed by atoms with Crippen molar-refractivity contribution in [2.24, 2.45) is 0 Å². The zero-order chi connectivity index (χ0) is 13.9. The predicted octanol–water partition coefficient (Wildman–Crippen LogP) is 3.53. The van der Waals surface area contributed by atoms with Crippen LogP contribution in [-0.4, -0.2) is 30.1 Å². The number of nitrogens with one attached hydrogen (secondary N) is 1. The molecule has 0 amide bonds. The summed E-state index contributed by atoms with van der Waals surface area (Å²) in [5, 5.41) is 3.63. The van der Waals surface area contributed by atoms with E-state index in [2.05, 4.69) is 48.3 Å². The van der Waals surface area contributed by atoms with Gasteiger partial charge in [-0.2, -0.15) is 0 Å². The molecule has 2 aliphatic rings. The Hall–Kier alpha value is -0.860. The lowest BCUT2D eigenvalue weighted by Crippen LogP contribution is -2.25. The smallest absolute Gasteiger partial charge is 0.0236 e. The number of rotatable bonds is 8. The first-order chi connectivity index (χ1) is 9.76. The van der Waals surface area contributed by atoms with Crippen molar-refractivity contribution >= 4 is 0 Å². The van der Waals surface area contributed by atoms with Crippen LogP contribution in [0.3, 0.4) is 0 Å². The molecular weight excluding hydrogens is 244 g/mol. The van der Waals surface area contributed by atoms with Crippen molar-refractivity contribution in [3.63, 3.8) is 0 Å². The highest BCUT2D eigenvalue weighted by atomic mass is 15.2. The van der Waals surface area contributed by atoms with Crippen LogP contribution in [0.4, 0.5) is 0 Å². The van der Waals surface area contributed by atoms with Gasteiger partial charge in [-0.1, -0.05) is 38.1 Å². The molecule has 0 bridgehead atoms. The van der Waals surface area contributed by atoms with E-state index in [-0.39, 0.29) is 0 Å². The first-order valence-corrected chi connectivity index (χ1v) is 8.32. The second-order valence-electron chi connectivity index (χ2n) is 6.62. The van der Waals surface area contributed by atoms with Gasteiger partial charge in [-0.05, 0) is 49.3 Å². The molecule has 1 aromatic rings. The van der Waals surface area contributed by atoms with Crippen molar-refractivity contribution in [3.8, 4) is 0 Å². The fourth-order valence-corrected chi connectivity index (χ4v) is 2.87. The van der Waals surface area contributed by atoms with Crippen molar-refractivity contribution in [3.05, 3.63) is 35.4 Å². The van der Waals surface area contributed by atoms with Crippen LogP contribution in [0.1, 0.15) is 56.6 Å². The maximum absolute atomic E-state index is 3.63. The average Bonchev–Trinajstić information content (AvgIpc) is 3.36. The van der Waals surface area contributed by atoms with E-state index in [1.54, 1.807) is 0 Å². The van der Waals surface area contributed by atoms with Gasteiger partial charge in [-0.3, -0.25) is 4.90 Å². The Morgan fingerprint density at radius 1 is 1.15 bits per heavy atom. The fraction of sp³-hybridized carbons (Fsp3) is 0.667. The molecule has 3 rings (SSSR count). The standard InChI is InChI=1S/C18H28N2/c1-3-20(18-10-11-18)13-15-4-6-16(7-5-15)14(2)12-19-17-8-9-17/h4-7,14,17-19H,3,8-13H2,1-2H3. The minimum Gasteiger partial charge on any atom is -0.313 e. The summed E-state index contributed by atoms with van der Waals surface area (Å²) in [6.45, 7) is 8.02. The van der Waals surface area contributed by atoms with Gasteiger partial charge < -0.3 is 5.32 Å². The minimum absolute atomic E-state index is 0.621. The first kappa shape index (κ1) is 14.1. The van der Waals surface area contributed by atoms with Gasteiger partial charge in [0.05, 0.1) is 0 Å². The van der Waals surface area contributed by atoms with Gasteiger partial charge in [-0.25, -0.2) is 0 Å². The van der Waals surface area contributed by atoms with E-state index in [1.165, 1.54) is 43.4 Å². The molecule has 20 heavy (non-hydrogen) atoms. The molecule has 2 heteroatoms. The molecule has 0 aliphatic heterocycles. The number of benzene rings is 1. The summed E-state index contributed by atoms with van der Waals surface area (Å²) in [4.78, 5) is 2.60. The van der Waals surface area contributed by atoms with Crippen molar-refractivity contribution < 1.29 is 0 Å². The molecule has 0 aromatic heterocycles. The zero-order valence-corrected chi connectivity index (χ0v) is 12.9. The van der Waals surface area contributed by atoms with E-state index >= 15 is 0 Å². The van der Waals surface area contributed by atoms with E-state index in [0.717, 1.165) is 25.2 Å². The summed E-state index contributed by atoms with van der Waals surface area (Å²) in [6, 6.07) is 11.0. The van der Waals surface area contributed by atoms with Gasteiger partial charge >= 0.3 is 0 Å². The van der Waals surface area contributed by atoms with Crippen LogP contribution in [0.2, 0.25) is 0 Å². The van der Waals surface area contributed by atoms with Crippen LogP contribution in [0.15, 0.2) is 24.3 Å². The monoisotopic (exact) mass is 272 g/mol. The Morgan fingerprint density at radius 2 is 1.85 bits per heavy atom. The molecule has 0 radical (unpaired) electrons. The third kappa shape index (κ3) is 3.83. The van der Waals surface area contributed by atoms with Crippen LogP contribution in [0.5, 0.6) is 0 Å². The summed E-state index contributed by atoms with van der Waals surface area (Å²) < 4.78 is 0. The zero-order valence-electron chi connectivity index (χ0n) is 12.9. The third-order valence-electron chi connectivity index (χ3n) is 4.69. The lowest BCUT2D eigenvalue weighted by atomic mass is 9.99.